The van der Waals surface area contributed by atoms with Crippen LogP contribution in [0.4, 0.5) is 5.69 Å². The first-order valence-electron chi connectivity index (χ1n) is 7.13. The highest BCUT2D eigenvalue weighted by atomic mass is 16.5. The van der Waals surface area contributed by atoms with Crippen LogP contribution in [0.1, 0.15) is 43.1 Å². The van der Waals surface area contributed by atoms with Gasteiger partial charge in [-0.15, -0.1) is 0 Å². The van der Waals surface area contributed by atoms with Gasteiger partial charge in [0.1, 0.15) is 17.5 Å². The molecule has 0 unspecified atom stereocenters. The molecule has 21 heavy (non-hydrogen) atoms. The van der Waals surface area contributed by atoms with E-state index in [1.165, 1.54) is 0 Å². The van der Waals surface area contributed by atoms with Crippen molar-refractivity contribution in [2.45, 2.75) is 40.2 Å². The summed E-state index contributed by atoms with van der Waals surface area (Å²) >= 11 is 0. The van der Waals surface area contributed by atoms with Crippen molar-refractivity contribution in [1.29, 1.82) is 5.26 Å². The predicted octanol–water partition coefficient (Wildman–Crippen LogP) is 4.32. The second-order valence-corrected chi connectivity index (χ2v) is 5.40. The Hall–Kier alpha value is -2.41. The van der Waals surface area contributed by atoms with E-state index in [0.29, 0.717) is 17.3 Å². The highest BCUT2D eigenvalue weighted by Gasteiger charge is 2.19. The summed E-state index contributed by atoms with van der Waals surface area (Å²) in [5.74, 6) is 1.32. The number of aryl methyl sites for hydroxylation is 2. The number of nitrogen functional groups attached to an aromatic ring is 1. The van der Waals surface area contributed by atoms with Crippen LogP contribution in [0.3, 0.4) is 0 Å². The fourth-order valence-corrected chi connectivity index (χ4v) is 2.26. The molecule has 0 amide bonds. The highest BCUT2D eigenvalue weighted by molar-refractivity contribution is 5.57. The molecule has 1 aromatic heterocycles. The second kappa shape index (κ2) is 5.92. The van der Waals surface area contributed by atoms with Crippen LogP contribution < -0.4 is 10.5 Å². The Morgan fingerprint density at radius 2 is 2.05 bits per heavy atom. The Labute approximate surface area is 125 Å². The van der Waals surface area contributed by atoms with Gasteiger partial charge in [-0.25, -0.2) is 0 Å². The molecule has 1 heterocycles. The molecule has 2 aromatic rings. The van der Waals surface area contributed by atoms with Crippen molar-refractivity contribution < 1.29 is 4.74 Å². The fraction of sp³-hybridized carbons (Fsp3) is 0.353. The standard InChI is InChI=1S/C17H21N3O/c1-5-13(4)20-14(10-18)9-15(19)17(20)21-16-8-11(2)6-7-12(16)3/h6-9,13H,5,19H2,1-4H3/t13-/m1/s1. The Kier molecular flexibility index (Phi) is 4.23. The van der Waals surface area contributed by atoms with Gasteiger partial charge >= 0.3 is 0 Å². The van der Waals surface area contributed by atoms with Gasteiger partial charge in [-0.05, 0) is 44.4 Å². The number of benzene rings is 1. The molecule has 0 aliphatic carbocycles. The Balaban J connectivity index is 2.51. The lowest BCUT2D eigenvalue weighted by Crippen LogP contribution is -2.08. The van der Waals surface area contributed by atoms with E-state index in [1.54, 1.807) is 6.07 Å². The van der Waals surface area contributed by atoms with Crippen molar-refractivity contribution in [3.05, 3.63) is 41.1 Å². The number of hydrogen-bond donors (Lipinski definition) is 1. The van der Waals surface area contributed by atoms with Crippen molar-refractivity contribution in [2.75, 3.05) is 5.73 Å². The lowest BCUT2D eigenvalue weighted by molar-refractivity contribution is 0.395. The van der Waals surface area contributed by atoms with Crippen LogP contribution in [-0.2, 0) is 0 Å². The summed E-state index contributed by atoms with van der Waals surface area (Å²) in [6, 6.07) is 10.0. The topological polar surface area (TPSA) is 64.0 Å². The van der Waals surface area contributed by atoms with E-state index >= 15 is 0 Å². The molecule has 4 heteroatoms. The van der Waals surface area contributed by atoms with Gasteiger partial charge in [0, 0.05) is 12.1 Å². The number of ether oxygens (including phenoxy) is 1. The summed E-state index contributed by atoms with van der Waals surface area (Å²) in [4.78, 5) is 0. The highest BCUT2D eigenvalue weighted by Crippen LogP contribution is 2.36. The van der Waals surface area contributed by atoms with Gasteiger partial charge < -0.3 is 10.5 Å². The first-order valence-corrected chi connectivity index (χ1v) is 7.13. The normalized spacial score (nSPS) is 12.0. The predicted molar refractivity (Wildman–Crippen MR) is 84.6 cm³/mol. The summed E-state index contributed by atoms with van der Waals surface area (Å²) in [6.07, 6.45) is 0.895. The molecule has 2 rings (SSSR count). The smallest absolute Gasteiger partial charge is 0.224 e. The van der Waals surface area contributed by atoms with E-state index in [1.807, 2.05) is 36.6 Å². The zero-order valence-electron chi connectivity index (χ0n) is 13.0. The molecule has 0 saturated carbocycles. The molecule has 2 N–H and O–H groups in total. The monoisotopic (exact) mass is 283 g/mol. The van der Waals surface area contributed by atoms with Gasteiger partial charge in [0.15, 0.2) is 0 Å². The van der Waals surface area contributed by atoms with Crippen molar-refractivity contribution in [2.24, 2.45) is 0 Å². The molecule has 0 spiro atoms. The van der Waals surface area contributed by atoms with Gasteiger partial charge in [-0.1, -0.05) is 19.1 Å². The quantitative estimate of drug-likeness (QED) is 0.908. The average molecular weight is 283 g/mol. The van der Waals surface area contributed by atoms with Crippen molar-refractivity contribution in [3.63, 3.8) is 0 Å². The van der Waals surface area contributed by atoms with E-state index in [4.69, 9.17) is 10.5 Å². The average Bonchev–Trinajstić information content (AvgIpc) is 2.78. The molecule has 0 aliphatic rings. The van der Waals surface area contributed by atoms with Crippen molar-refractivity contribution >= 4 is 5.69 Å². The largest absolute Gasteiger partial charge is 0.438 e. The van der Waals surface area contributed by atoms with Crippen molar-refractivity contribution in [3.8, 4) is 17.7 Å². The van der Waals surface area contributed by atoms with E-state index in [-0.39, 0.29) is 6.04 Å². The number of nitrogens with zero attached hydrogens (tertiary/aromatic N) is 2. The number of nitrogens with two attached hydrogens (primary N) is 1. The Morgan fingerprint density at radius 1 is 1.33 bits per heavy atom. The summed E-state index contributed by atoms with van der Waals surface area (Å²) in [5, 5.41) is 9.28. The lowest BCUT2D eigenvalue weighted by Gasteiger charge is -2.18. The van der Waals surface area contributed by atoms with Gasteiger partial charge in [0.05, 0.1) is 5.69 Å². The summed E-state index contributed by atoms with van der Waals surface area (Å²) in [6.45, 7) is 8.14. The minimum absolute atomic E-state index is 0.150. The number of nitriles is 1. The molecule has 0 fully saturated rings. The van der Waals surface area contributed by atoms with E-state index in [0.717, 1.165) is 23.3 Å². The van der Waals surface area contributed by atoms with E-state index in [2.05, 4.69) is 19.9 Å². The number of hydrogen-bond acceptors (Lipinski definition) is 3. The van der Waals surface area contributed by atoms with Crippen LogP contribution in [0.25, 0.3) is 0 Å². The number of aromatic nitrogens is 1. The zero-order chi connectivity index (χ0) is 15.6. The summed E-state index contributed by atoms with van der Waals surface area (Å²) in [5.41, 5.74) is 9.23. The first-order chi connectivity index (χ1) is 9.97. The lowest BCUT2D eigenvalue weighted by atomic mass is 10.1. The second-order valence-electron chi connectivity index (χ2n) is 5.40. The van der Waals surface area contributed by atoms with Crippen LogP contribution in [-0.4, -0.2) is 4.57 Å². The zero-order valence-corrected chi connectivity index (χ0v) is 13.0. The van der Waals surface area contributed by atoms with Gasteiger partial charge in [0.25, 0.3) is 0 Å². The summed E-state index contributed by atoms with van der Waals surface area (Å²) < 4.78 is 7.92. The molecular weight excluding hydrogens is 262 g/mol. The maximum absolute atomic E-state index is 9.28. The third kappa shape index (κ3) is 2.87. The third-order valence-electron chi connectivity index (χ3n) is 3.71. The summed E-state index contributed by atoms with van der Waals surface area (Å²) in [7, 11) is 0. The van der Waals surface area contributed by atoms with Crippen LogP contribution in [0.15, 0.2) is 24.3 Å². The van der Waals surface area contributed by atoms with E-state index in [9.17, 15) is 5.26 Å². The Bertz CT molecular complexity index is 695. The molecule has 4 nitrogen and oxygen atoms in total. The van der Waals surface area contributed by atoms with Crippen molar-refractivity contribution in [1.82, 2.24) is 4.57 Å². The van der Waals surface area contributed by atoms with Gasteiger partial charge in [0.2, 0.25) is 5.88 Å². The molecular formula is C17H21N3O. The van der Waals surface area contributed by atoms with Crippen LogP contribution in [0, 0.1) is 25.2 Å². The number of rotatable bonds is 4. The maximum atomic E-state index is 9.28. The minimum Gasteiger partial charge on any atom is -0.438 e. The maximum Gasteiger partial charge on any atom is 0.224 e. The molecule has 1 atom stereocenters. The molecule has 0 bridgehead atoms. The van der Waals surface area contributed by atoms with Crippen LogP contribution >= 0.6 is 0 Å². The molecule has 0 radical (unpaired) electrons. The molecule has 1 aromatic carbocycles. The van der Waals surface area contributed by atoms with Crippen LogP contribution in [0.2, 0.25) is 0 Å². The SMILES string of the molecule is CC[C@@H](C)n1c(C#N)cc(N)c1Oc1cc(C)ccc1C. The molecule has 0 aliphatic heterocycles. The molecule has 0 saturated heterocycles. The fourth-order valence-electron chi connectivity index (χ4n) is 2.26. The Morgan fingerprint density at radius 3 is 2.67 bits per heavy atom. The van der Waals surface area contributed by atoms with Crippen LogP contribution in [0.5, 0.6) is 11.6 Å². The molecule has 110 valence electrons. The minimum atomic E-state index is 0.150. The van der Waals surface area contributed by atoms with E-state index < -0.39 is 0 Å². The van der Waals surface area contributed by atoms with Gasteiger partial charge in [-0.2, -0.15) is 5.26 Å². The van der Waals surface area contributed by atoms with Gasteiger partial charge in [-0.3, -0.25) is 4.57 Å². The third-order valence-corrected chi connectivity index (χ3v) is 3.71. The number of anilines is 1. The first kappa shape index (κ1) is 15.0.